The average Bonchev–Trinajstić information content (AvgIpc) is 3.27. The van der Waals surface area contributed by atoms with Crippen molar-refractivity contribution in [3.63, 3.8) is 0 Å². The number of unbranched alkanes of at least 4 members (excludes halogenated alkanes) is 1. The van der Waals surface area contributed by atoms with Gasteiger partial charge in [0.15, 0.2) is 5.79 Å². The molecule has 0 radical (unpaired) electrons. The van der Waals surface area contributed by atoms with Gasteiger partial charge in [-0.15, -0.1) is 0 Å². The summed E-state index contributed by atoms with van der Waals surface area (Å²) in [5.41, 5.74) is 1.27. The molecule has 1 aliphatic heterocycles. The molecule has 2 aromatic rings. The van der Waals surface area contributed by atoms with Crippen molar-refractivity contribution < 1.29 is 14.2 Å². The van der Waals surface area contributed by atoms with Gasteiger partial charge in [-0.05, 0) is 30.5 Å². The summed E-state index contributed by atoms with van der Waals surface area (Å²) < 4.78 is 19.6. The van der Waals surface area contributed by atoms with Gasteiger partial charge in [0.1, 0.15) is 5.75 Å². The van der Waals surface area contributed by atoms with Gasteiger partial charge in [0, 0.05) is 18.8 Å². The van der Waals surface area contributed by atoms with Crippen LogP contribution in [0.5, 0.6) is 5.75 Å². The largest absolute Gasteiger partial charge is 0.494 e. The van der Waals surface area contributed by atoms with Gasteiger partial charge in [-0.3, -0.25) is 0 Å². The lowest BCUT2D eigenvalue weighted by atomic mass is 10.0. The summed E-state index contributed by atoms with van der Waals surface area (Å²) in [6.07, 6.45) is 9.49. The summed E-state index contributed by atoms with van der Waals surface area (Å²) >= 11 is 0. The lowest BCUT2D eigenvalue weighted by molar-refractivity contribution is -0.171. The third kappa shape index (κ3) is 4.58. The van der Waals surface area contributed by atoms with Crippen molar-refractivity contribution in [2.75, 3.05) is 19.8 Å². The summed E-state index contributed by atoms with van der Waals surface area (Å²) in [6, 6.07) is 8.34. The van der Waals surface area contributed by atoms with Crippen LogP contribution in [0, 0.1) is 0 Å². The first-order valence-corrected chi connectivity index (χ1v) is 8.75. The quantitative estimate of drug-likeness (QED) is 0.661. The summed E-state index contributed by atoms with van der Waals surface area (Å²) in [5.74, 6) is 0.394. The third-order valence-corrected chi connectivity index (χ3v) is 4.28. The fraction of sp³-hybridized carbons (Fsp3) is 0.526. The molecular formula is C19H26N2O3. The Morgan fingerprint density at radius 3 is 2.67 bits per heavy atom. The number of hydrogen-bond acceptors (Lipinski definition) is 4. The Kier molecular flexibility index (Phi) is 5.88. The molecule has 5 nitrogen and oxygen atoms in total. The van der Waals surface area contributed by atoms with Crippen molar-refractivity contribution in [3.05, 3.63) is 48.5 Å². The van der Waals surface area contributed by atoms with Crippen LogP contribution >= 0.6 is 0 Å². The summed E-state index contributed by atoms with van der Waals surface area (Å²) in [5, 5.41) is 0. The summed E-state index contributed by atoms with van der Waals surface area (Å²) in [4.78, 5) is 4.09. The van der Waals surface area contributed by atoms with E-state index in [-0.39, 0.29) is 0 Å². The van der Waals surface area contributed by atoms with E-state index in [0.717, 1.165) is 38.0 Å². The highest BCUT2D eigenvalue weighted by atomic mass is 16.7. The first kappa shape index (κ1) is 17.0. The predicted octanol–water partition coefficient (Wildman–Crippen LogP) is 3.44. The molecule has 0 saturated carbocycles. The molecule has 1 saturated heterocycles. The lowest BCUT2D eigenvalue weighted by Crippen LogP contribution is -2.35. The Balaban J connectivity index is 1.54. The van der Waals surface area contributed by atoms with Crippen molar-refractivity contribution in [2.24, 2.45) is 0 Å². The zero-order chi connectivity index (χ0) is 16.7. The Labute approximate surface area is 143 Å². The smallest absolute Gasteiger partial charge is 0.186 e. The van der Waals surface area contributed by atoms with Crippen molar-refractivity contribution in [1.82, 2.24) is 9.55 Å². The zero-order valence-corrected chi connectivity index (χ0v) is 14.3. The van der Waals surface area contributed by atoms with Crippen LogP contribution in [0.3, 0.4) is 0 Å². The highest BCUT2D eigenvalue weighted by Crippen LogP contribution is 2.28. The van der Waals surface area contributed by atoms with E-state index in [1.165, 1.54) is 5.56 Å². The number of benzene rings is 1. The van der Waals surface area contributed by atoms with Gasteiger partial charge in [0.2, 0.25) is 0 Å². The Morgan fingerprint density at radius 1 is 1.21 bits per heavy atom. The monoisotopic (exact) mass is 330 g/mol. The minimum absolute atomic E-state index is 0.545. The van der Waals surface area contributed by atoms with E-state index in [1.807, 2.05) is 22.9 Å². The molecule has 1 fully saturated rings. The molecular weight excluding hydrogens is 304 g/mol. The molecule has 24 heavy (non-hydrogen) atoms. The first-order chi connectivity index (χ1) is 11.8. The van der Waals surface area contributed by atoms with Crippen LogP contribution < -0.4 is 4.74 Å². The van der Waals surface area contributed by atoms with Gasteiger partial charge in [-0.2, -0.15) is 0 Å². The molecule has 2 heterocycles. The Morgan fingerprint density at radius 2 is 2.00 bits per heavy atom. The number of nitrogens with zero attached hydrogens (tertiary/aromatic N) is 2. The second kappa shape index (κ2) is 8.31. The van der Waals surface area contributed by atoms with E-state index in [1.54, 1.807) is 12.5 Å². The molecule has 0 bridgehead atoms. The molecule has 0 spiro atoms. The van der Waals surface area contributed by atoms with Crippen LogP contribution in [0.25, 0.3) is 0 Å². The fourth-order valence-electron chi connectivity index (χ4n) is 2.89. The molecule has 0 unspecified atom stereocenters. The summed E-state index contributed by atoms with van der Waals surface area (Å²) in [7, 11) is 0. The maximum atomic E-state index is 5.93. The Hall–Kier alpha value is -1.85. The van der Waals surface area contributed by atoms with E-state index < -0.39 is 5.79 Å². The van der Waals surface area contributed by atoms with Gasteiger partial charge in [-0.1, -0.05) is 25.5 Å². The van der Waals surface area contributed by atoms with E-state index in [0.29, 0.717) is 19.8 Å². The first-order valence-electron chi connectivity index (χ1n) is 8.75. The van der Waals surface area contributed by atoms with E-state index in [4.69, 9.17) is 14.2 Å². The maximum Gasteiger partial charge on any atom is 0.186 e. The van der Waals surface area contributed by atoms with Crippen molar-refractivity contribution in [3.8, 4) is 5.75 Å². The Bertz CT molecular complexity index is 590. The fourth-order valence-corrected chi connectivity index (χ4v) is 2.89. The second-order valence-corrected chi connectivity index (χ2v) is 6.19. The highest BCUT2D eigenvalue weighted by molar-refractivity contribution is 5.27. The minimum atomic E-state index is -0.545. The lowest BCUT2D eigenvalue weighted by Gasteiger charge is -2.27. The van der Waals surface area contributed by atoms with Crippen molar-refractivity contribution >= 4 is 0 Å². The number of hydrogen-bond donors (Lipinski definition) is 0. The van der Waals surface area contributed by atoms with Crippen LogP contribution in [0.4, 0.5) is 0 Å². The minimum Gasteiger partial charge on any atom is -0.494 e. The molecule has 130 valence electrons. The molecule has 3 rings (SSSR count). The molecule has 1 aliphatic rings. The number of ether oxygens (including phenoxy) is 3. The normalized spacial score (nSPS) is 16.4. The number of aromatic nitrogens is 2. The predicted molar refractivity (Wildman–Crippen MR) is 92.0 cm³/mol. The van der Waals surface area contributed by atoms with Crippen LogP contribution in [0.15, 0.2) is 43.0 Å². The topological polar surface area (TPSA) is 45.5 Å². The van der Waals surface area contributed by atoms with Crippen LogP contribution in [0.2, 0.25) is 0 Å². The SMILES string of the molecule is CCCCOc1ccc(CCC2(Cn3ccnc3)OCCO2)cc1. The van der Waals surface area contributed by atoms with Gasteiger partial charge in [0.05, 0.1) is 32.7 Å². The van der Waals surface area contributed by atoms with Gasteiger partial charge >= 0.3 is 0 Å². The molecule has 1 aromatic carbocycles. The molecule has 5 heteroatoms. The van der Waals surface area contributed by atoms with Crippen LogP contribution in [-0.2, 0) is 22.4 Å². The van der Waals surface area contributed by atoms with Gasteiger partial charge in [-0.25, -0.2) is 4.98 Å². The zero-order valence-electron chi connectivity index (χ0n) is 14.3. The standard InChI is InChI=1S/C19H26N2O3/c1-2-3-12-22-18-6-4-17(5-7-18)8-9-19(23-13-14-24-19)15-21-11-10-20-16-21/h4-7,10-11,16H,2-3,8-9,12-15H2,1H3. The van der Waals surface area contributed by atoms with E-state index in [9.17, 15) is 0 Å². The molecule has 0 atom stereocenters. The average molecular weight is 330 g/mol. The van der Waals surface area contributed by atoms with Crippen LogP contribution in [0.1, 0.15) is 31.7 Å². The second-order valence-electron chi connectivity index (χ2n) is 6.19. The maximum absolute atomic E-state index is 5.93. The molecule has 1 aromatic heterocycles. The van der Waals surface area contributed by atoms with Gasteiger partial charge in [0.25, 0.3) is 0 Å². The van der Waals surface area contributed by atoms with Crippen LogP contribution in [-0.4, -0.2) is 35.2 Å². The molecule has 0 aliphatic carbocycles. The van der Waals surface area contributed by atoms with Crippen molar-refractivity contribution in [2.45, 2.75) is 44.9 Å². The third-order valence-electron chi connectivity index (χ3n) is 4.28. The molecule has 0 amide bonds. The number of aryl methyl sites for hydroxylation is 1. The van der Waals surface area contributed by atoms with E-state index in [2.05, 4.69) is 24.0 Å². The number of imidazole rings is 1. The van der Waals surface area contributed by atoms with Gasteiger partial charge < -0.3 is 18.8 Å². The number of rotatable bonds is 9. The highest BCUT2D eigenvalue weighted by Gasteiger charge is 2.36. The molecule has 0 N–H and O–H groups in total. The van der Waals surface area contributed by atoms with Crippen molar-refractivity contribution in [1.29, 1.82) is 0 Å². The summed E-state index contributed by atoms with van der Waals surface area (Å²) in [6.45, 7) is 4.92. The van der Waals surface area contributed by atoms with E-state index >= 15 is 0 Å².